The molecule has 0 aliphatic rings. The predicted molar refractivity (Wildman–Crippen MR) is 90.5 cm³/mol. The number of amides is 1. The molecule has 2 heterocycles. The lowest BCUT2D eigenvalue weighted by atomic mass is 10.2. The second-order valence-electron chi connectivity index (χ2n) is 4.76. The van der Waals surface area contributed by atoms with Gasteiger partial charge in [0.1, 0.15) is 9.88 Å². The maximum Gasteiger partial charge on any atom is 0.267 e. The van der Waals surface area contributed by atoms with E-state index in [-0.39, 0.29) is 12.5 Å². The molecular formula is C16H14N2O2S2. The molecule has 0 aliphatic heterocycles. The number of aryl methyl sites for hydroxylation is 1. The molecule has 2 N–H and O–H groups in total. The molecule has 22 heavy (non-hydrogen) atoms. The van der Waals surface area contributed by atoms with E-state index in [0.29, 0.717) is 10.6 Å². The first-order valence-electron chi connectivity index (χ1n) is 6.68. The first kappa shape index (κ1) is 14.9. The van der Waals surface area contributed by atoms with Crippen molar-refractivity contribution in [3.05, 3.63) is 57.2 Å². The van der Waals surface area contributed by atoms with E-state index in [2.05, 4.69) is 10.3 Å². The van der Waals surface area contributed by atoms with Crippen molar-refractivity contribution in [1.29, 1.82) is 0 Å². The lowest BCUT2D eigenvalue weighted by molar-refractivity contribution is 0.103. The number of nitrogens with one attached hydrogen (secondary N) is 1. The van der Waals surface area contributed by atoms with Crippen LogP contribution in [-0.2, 0) is 6.61 Å². The number of aromatic nitrogens is 1. The molecule has 1 aromatic carbocycles. The van der Waals surface area contributed by atoms with Crippen LogP contribution in [0.3, 0.4) is 0 Å². The minimum absolute atomic E-state index is 0.0500. The van der Waals surface area contributed by atoms with Crippen molar-refractivity contribution in [3.63, 3.8) is 0 Å². The summed E-state index contributed by atoms with van der Waals surface area (Å²) in [5.74, 6) is -0.174. The van der Waals surface area contributed by atoms with E-state index in [9.17, 15) is 4.79 Å². The van der Waals surface area contributed by atoms with E-state index in [4.69, 9.17) is 5.11 Å². The normalized spacial score (nSPS) is 10.6. The van der Waals surface area contributed by atoms with Crippen LogP contribution in [0.2, 0.25) is 0 Å². The second-order valence-corrected chi connectivity index (χ2v) is 6.54. The minimum Gasteiger partial charge on any atom is -0.392 e. The van der Waals surface area contributed by atoms with Crippen LogP contribution in [0.25, 0.3) is 10.6 Å². The van der Waals surface area contributed by atoms with Gasteiger partial charge in [0.15, 0.2) is 0 Å². The Labute approximate surface area is 136 Å². The number of aliphatic hydroxyl groups excluding tert-OH is 1. The molecule has 0 saturated heterocycles. The average molecular weight is 330 g/mol. The van der Waals surface area contributed by atoms with Gasteiger partial charge in [-0.25, -0.2) is 4.98 Å². The second kappa shape index (κ2) is 6.39. The summed E-state index contributed by atoms with van der Waals surface area (Å²) in [6, 6.07) is 9.16. The predicted octanol–water partition coefficient (Wildman–Crippen LogP) is 3.92. The van der Waals surface area contributed by atoms with Gasteiger partial charge in [-0.05, 0) is 36.1 Å². The third kappa shape index (κ3) is 3.09. The number of carbonyl (C=O) groups excluding carboxylic acids is 1. The Morgan fingerprint density at radius 3 is 2.95 bits per heavy atom. The molecule has 0 spiro atoms. The van der Waals surface area contributed by atoms with Crippen LogP contribution >= 0.6 is 22.7 Å². The number of anilines is 1. The van der Waals surface area contributed by atoms with E-state index in [1.807, 2.05) is 29.8 Å². The Morgan fingerprint density at radius 2 is 2.23 bits per heavy atom. The van der Waals surface area contributed by atoms with E-state index in [1.165, 1.54) is 11.3 Å². The summed E-state index contributed by atoms with van der Waals surface area (Å²) in [7, 11) is 0. The molecule has 0 fully saturated rings. The highest BCUT2D eigenvalue weighted by atomic mass is 32.1. The molecule has 0 unspecified atom stereocenters. The fourth-order valence-electron chi connectivity index (χ4n) is 2.05. The quantitative estimate of drug-likeness (QED) is 0.762. The van der Waals surface area contributed by atoms with E-state index < -0.39 is 0 Å². The summed E-state index contributed by atoms with van der Waals surface area (Å²) < 4.78 is 0. The number of rotatable bonds is 4. The maximum absolute atomic E-state index is 12.4. The Bertz CT molecular complexity index is 794. The zero-order valence-electron chi connectivity index (χ0n) is 11.9. The van der Waals surface area contributed by atoms with E-state index >= 15 is 0 Å². The van der Waals surface area contributed by atoms with Crippen molar-refractivity contribution in [2.45, 2.75) is 13.5 Å². The van der Waals surface area contributed by atoms with Gasteiger partial charge in [0.25, 0.3) is 5.91 Å². The van der Waals surface area contributed by atoms with Gasteiger partial charge in [0.05, 0.1) is 12.3 Å². The molecule has 0 aliphatic carbocycles. The number of aliphatic hydroxyl groups is 1. The van der Waals surface area contributed by atoms with Crippen LogP contribution in [0, 0.1) is 6.92 Å². The van der Waals surface area contributed by atoms with Crippen LogP contribution in [0.15, 0.2) is 41.1 Å². The van der Waals surface area contributed by atoms with Crippen LogP contribution in [0.4, 0.5) is 5.69 Å². The fraction of sp³-hybridized carbons (Fsp3) is 0.125. The standard InChI is InChI=1S/C16H14N2O2S2/c1-10-14(22-16(17-10)12-5-6-21-9-12)15(20)18-13-4-2-3-11(7-13)8-19/h2-7,9,19H,8H2,1H3,(H,18,20). The molecule has 6 heteroatoms. The lowest BCUT2D eigenvalue weighted by Crippen LogP contribution is -2.11. The van der Waals surface area contributed by atoms with Gasteiger partial charge < -0.3 is 10.4 Å². The zero-order chi connectivity index (χ0) is 15.5. The third-order valence-corrected chi connectivity index (χ3v) is 5.03. The largest absolute Gasteiger partial charge is 0.392 e. The zero-order valence-corrected chi connectivity index (χ0v) is 13.5. The highest BCUT2D eigenvalue weighted by molar-refractivity contribution is 7.17. The van der Waals surface area contributed by atoms with Gasteiger partial charge in [0, 0.05) is 16.6 Å². The monoisotopic (exact) mass is 330 g/mol. The first-order chi connectivity index (χ1) is 10.7. The summed E-state index contributed by atoms with van der Waals surface area (Å²) in [6.07, 6.45) is 0. The SMILES string of the molecule is Cc1nc(-c2ccsc2)sc1C(=O)Nc1cccc(CO)c1. The van der Waals surface area contributed by atoms with Crippen molar-refractivity contribution in [3.8, 4) is 10.6 Å². The highest BCUT2D eigenvalue weighted by Gasteiger charge is 2.16. The number of benzene rings is 1. The van der Waals surface area contributed by atoms with Gasteiger partial charge in [0.2, 0.25) is 0 Å². The molecule has 4 nitrogen and oxygen atoms in total. The Hall–Kier alpha value is -2.02. The van der Waals surface area contributed by atoms with Gasteiger partial charge >= 0.3 is 0 Å². The summed E-state index contributed by atoms with van der Waals surface area (Å²) in [6.45, 7) is 1.79. The molecule has 0 atom stereocenters. The average Bonchev–Trinajstić information content (AvgIpc) is 3.16. The molecule has 0 bridgehead atoms. The molecular weight excluding hydrogens is 316 g/mol. The first-order valence-corrected chi connectivity index (χ1v) is 8.44. The Morgan fingerprint density at radius 1 is 1.36 bits per heavy atom. The number of hydrogen-bond acceptors (Lipinski definition) is 5. The number of nitrogens with zero attached hydrogens (tertiary/aromatic N) is 1. The number of hydrogen-bond donors (Lipinski definition) is 2. The molecule has 2 aromatic heterocycles. The number of thiophene rings is 1. The summed E-state index contributed by atoms with van der Waals surface area (Å²) in [4.78, 5) is 17.5. The summed E-state index contributed by atoms with van der Waals surface area (Å²) >= 11 is 3.00. The van der Waals surface area contributed by atoms with Gasteiger partial charge in [-0.1, -0.05) is 12.1 Å². The summed E-state index contributed by atoms with van der Waals surface area (Å²) in [5.41, 5.74) is 3.20. The van der Waals surface area contributed by atoms with Gasteiger partial charge in [-0.15, -0.1) is 11.3 Å². The molecule has 112 valence electrons. The van der Waals surface area contributed by atoms with Crippen molar-refractivity contribution < 1.29 is 9.90 Å². The fourth-order valence-corrected chi connectivity index (χ4v) is 3.72. The third-order valence-electron chi connectivity index (χ3n) is 3.14. The Balaban J connectivity index is 1.83. The maximum atomic E-state index is 12.4. The van der Waals surface area contributed by atoms with Gasteiger partial charge in [-0.3, -0.25) is 4.79 Å². The molecule has 0 radical (unpaired) electrons. The van der Waals surface area contributed by atoms with Crippen LogP contribution in [0.5, 0.6) is 0 Å². The smallest absolute Gasteiger partial charge is 0.267 e. The molecule has 3 rings (SSSR count). The number of thiazole rings is 1. The molecule has 3 aromatic rings. The van der Waals surface area contributed by atoms with Crippen LogP contribution in [-0.4, -0.2) is 16.0 Å². The van der Waals surface area contributed by atoms with Crippen molar-refractivity contribution in [2.75, 3.05) is 5.32 Å². The Kier molecular flexibility index (Phi) is 4.33. The molecule has 0 saturated carbocycles. The summed E-state index contributed by atoms with van der Waals surface area (Å²) in [5, 5.41) is 16.9. The van der Waals surface area contributed by atoms with Gasteiger partial charge in [-0.2, -0.15) is 11.3 Å². The topological polar surface area (TPSA) is 62.2 Å². The van der Waals surface area contributed by atoms with Crippen LogP contribution in [0.1, 0.15) is 20.9 Å². The van der Waals surface area contributed by atoms with Crippen LogP contribution < -0.4 is 5.32 Å². The van der Waals surface area contributed by atoms with Crippen molar-refractivity contribution >= 4 is 34.3 Å². The number of carbonyl (C=O) groups is 1. The lowest BCUT2D eigenvalue weighted by Gasteiger charge is -2.05. The van der Waals surface area contributed by atoms with Crippen molar-refractivity contribution in [1.82, 2.24) is 4.98 Å². The van der Waals surface area contributed by atoms with E-state index in [1.54, 1.807) is 29.5 Å². The highest BCUT2D eigenvalue weighted by Crippen LogP contribution is 2.29. The van der Waals surface area contributed by atoms with E-state index in [0.717, 1.165) is 21.8 Å². The molecule has 1 amide bonds. The van der Waals surface area contributed by atoms with Crippen molar-refractivity contribution in [2.24, 2.45) is 0 Å². The minimum atomic E-state index is -0.174.